The van der Waals surface area contributed by atoms with E-state index in [1.807, 2.05) is 48.5 Å². The van der Waals surface area contributed by atoms with Crippen molar-refractivity contribution in [2.75, 3.05) is 26.9 Å². The zero-order valence-corrected chi connectivity index (χ0v) is 19.2. The molecule has 176 valence electrons. The van der Waals surface area contributed by atoms with Crippen molar-refractivity contribution in [1.82, 2.24) is 4.90 Å². The highest BCUT2D eigenvalue weighted by Crippen LogP contribution is 2.44. The molecule has 0 fully saturated rings. The smallest absolute Gasteiger partial charge is 0.410 e. The zero-order valence-electron chi connectivity index (χ0n) is 19.2. The number of aliphatic carboxylic acids is 1. The summed E-state index contributed by atoms with van der Waals surface area (Å²) in [4.78, 5) is 37.1. The van der Waals surface area contributed by atoms with Crippen LogP contribution in [0.4, 0.5) is 4.79 Å². The quantitative estimate of drug-likeness (QED) is 0.606. The van der Waals surface area contributed by atoms with Crippen LogP contribution in [0.1, 0.15) is 37.8 Å². The number of carbonyl (C=O) groups excluding carboxylic acids is 2. The topological polar surface area (TPSA) is 102 Å². The largest absolute Gasteiger partial charge is 0.480 e. The predicted octanol–water partition coefficient (Wildman–Crippen LogP) is 3.68. The van der Waals surface area contributed by atoms with Crippen LogP contribution in [0, 0.1) is 0 Å². The van der Waals surface area contributed by atoms with E-state index in [2.05, 4.69) is 0 Å². The molecule has 1 aliphatic rings. The highest BCUT2D eigenvalue weighted by Gasteiger charge is 2.32. The molecule has 0 aliphatic heterocycles. The summed E-state index contributed by atoms with van der Waals surface area (Å²) in [5, 5.41) is 9.54. The first kappa shape index (κ1) is 24.3. The van der Waals surface area contributed by atoms with Crippen LogP contribution >= 0.6 is 0 Å². The van der Waals surface area contributed by atoms with E-state index in [0.717, 1.165) is 27.2 Å². The van der Waals surface area contributed by atoms with Gasteiger partial charge in [-0.2, -0.15) is 0 Å². The Morgan fingerprint density at radius 1 is 1.00 bits per heavy atom. The Hall–Kier alpha value is -3.39. The second kappa shape index (κ2) is 10.0. The maximum atomic E-state index is 12.6. The molecule has 0 spiro atoms. The molecule has 0 saturated carbocycles. The second-order valence-electron chi connectivity index (χ2n) is 8.87. The first-order chi connectivity index (χ1) is 15.6. The van der Waals surface area contributed by atoms with Crippen LogP contribution in [0.3, 0.4) is 0 Å². The van der Waals surface area contributed by atoms with Crippen molar-refractivity contribution in [2.45, 2.75) is 38.3 Å². The lowest BCUT2D eigenvalue weighted by Gasteiger charge is -2.25. The van der Waals surface area contributed by atoms with Gasteiger partial charge >= 0.3 is 18.0 Å². The molecule has 2 aromatic carbocycles. The lowest BCUT2D eigenvalue weighted by molar-refractivity contribution is -0.162. The molecule has 1 N–H and O–H groups in total. The van der Waals surface area contributed by atoms with Crippen molar-refractivity contribution < 1.29 is 33.7 Å². The van der Waals surface area contributed by atoms with E-state index in [0.29, 0.717) is 0 Å². The highest BCUT2D eigenvalue weighted by molar-refractivity contribution is 5.81. The lowest BCUT2D eigenvalue weighted by atomic mass is 9.98. The number of nitrogens with zero attached hydrogens (tertiary/aromatic N) is 1. The maximum absolute atomic E-state index is 12.6. The zero-order chi connectivity index (χ0) is 24.2. The number of esters is 1. The fourth-order valence-electron chi connectivity index (χ4n) is 3.80. The molecular weight excluding hydrogens is 426 g/mol. The van der Waals surface area contributed by atoms with Crippen LogP contribution in [0.5, 0.6) is 0 Å². The van der Waals surface area contributed by atoms with E-state index in [-0.39, 0.29) is 19.1 Å². The number of hydrogen-bond acceptors (Lipinski definition) is 6. The Morgan fingerprint density at radius 3 is 2.06 bits per heavy atom. The molecule has 8 nitrogen and oxygen atoms in total. The summed E-state index contributed by atoms with van der Waals surface area (Å²) in [5.41, 5.74) is 3.64. The van der Waals surface area contributed by atoms with Gasteiger partial charge in [-0.15, -0.1) is 0 Å². The normalized spacial score (nSPS) is 13.6. The van der Waals surface area contributed by atoms with Gasteiger partial charge in [0.1, 0.15) is 18.8 Å². The van der Waals surface area contributed by atoms with Crippen LogP contribution in [0.2, 0.25) is 0 Å². The van der Waals surface area contributed by atoms with Crippen LogP contribution in [0.25, 0.3) is 11.1 Å². The SMILES string of the molecule is CN(C(=O)OCC1c2ccccc2-c2ccccc21)C(COCC(=O)OC(C)(C)C)C(=O)O. The van der Waals surface area contributed by atoms with Gasteiger partial charge in [0, 0.05) is 13.0 Å². The summed E-state index contributed by atoms with van der Waals surface area (Å²) < 4.78 is 15.8. The van der Waals surface area contributed by atoms with Gasteiger partial charge in [-0.25, -0.2) is 14.4 Å². The third-order valence-electron chi connectivity index (χ3n) is 5.29. The van der Waals surface area contributed by atoms with Crippen molar-refractivity contribution >= 4 is 18.0 Å². The minimum absolute atomic E-state index is 0.0717. The van der Waals surface area contributed by atoms with Crippen LogP contribution < -0.4 is 0 Å². The summed E-state index contributed by atoms with van der Waals surface area (Å²) in [6.07, 6.45) is -0.787. The standard InChI is InChI=1S/C25H29NO7/c1-25(2,3)33-22(27)15-31-14-21(23(28)29)26(4)24(30)32-13-20-18-11-7-5-9-16(18)17-10-6-8-12-19(17)20/h5-12,20-21H,13-15H2,1-4H3,(H,28,29). The summed E-state index contributed by atoms with van der Waals surface area (Å²) in [6.45, 7) is 4.43. The third kappa shape index (κ3) is 5.90. The van der Waals surface area contributed by atoms with Crippen molar-refractivity contribution in [3.63, 3.8) is 0 Å². The molecule has 8 heteroatoms. The van der Waals surface area contributed by atoms with Gasteiger partial charge in [-0.1, -0.05) is 48.5 Å². The van der Waals surface area contributed by atoms with Gasteiger partial charge in [0.2, 0.25) is 0 Å². The first-order valence-corrected chi connectivity index (χ1v) is 10.7. The molecule has 0 radical (unpaired) electrons. The summed E-state index contributed by atoms with van der Waals surface area (Å²) in [6, 6.07) is 14.6. The van der Waals surface area contributed by atoms with Crippen molar-refractivity contribution in [3.05, 3.63) is 59.7 Å². The number of amides is 1. The van der Waals surface area contributed by atoms with Crippen LogP contribution in [-0.4, -0.2) is 66.5 Å². The highest BCUT2D eigenvalue weighted by atomic mass is 16.6. The van der Waals surface area contributed by atoms with Crippen LogP contribution in [-0.2, 0) is 23.8 Å². The fraction of sp³-hybridized carbons (Fsp3) is 0.400. The molecular formula is C25H29NO7. The number of benzene rings is 2. The number of carboxylic acid groups (broad SMARTS) is 1. The predicted molar refractivity (Wildman–Crippen MR) is 121 cm³/mol. The molecule has 33 heavy (non-hydrogen) atoms. The number of ether oxygens (including phenoxy) is 3. The van der Waals surface area contributed by atoms with E-state index in [1.165, 1.54) is 7.05 Å². The Labute approximate surface area is 193 Å². The first-order valence-electron chi connectivity index (χ1n) is 10.7. The van der Waals surface area contributed by atoms with Crippen molar-refractivity contribution in [3.8, 4) is 11.1 Å². The summed E-state index contributed by atoms with van der Waals surface area (Å²) in [7, 11) is 1.33. The number of fused-ring (bicyclic) bond motifs is 3. The van der Waals surface area contributed by atoms with E-state index in [9.17, 15) is 19.5 Å². The Morgan fingerprint density at radius 2 is 1.55 bits per heavy atom. The van der Waals surface area contributed by atoms with E-state index in [1.54, 1.807) is 20.8 Å². The molecule has 0 heterocycles. The molecule has 0 aromatic heterocycles. The number of likely N-dealkylation sites (N-methyl/N-ethyl adjacent to an activating group) is 1. The molecule has 2 aromatic rings. The average molecular weight is 456 g/mol. The molecule has 1 atom stereocenters. The van der Waals surface area contributed by atoms with Gasteiger partial charge in [0.25, 0.3) is 0 Å². The summed E-state index contributed by atoms with van der Waals surface area (Å²) in [5.74, 6) is -2.02. The summed E-state index contributed by atoms with van der Waals surface area (Å²) >= 11 is 0. The van der Waals surface area contributed by atoms with Crippen LogP contribution in [0.15, 0.2) is 48.5 Å². The number of carboxylic acids is 1. The molecule has 1 amide bonds. The van der Waals surface area contributed by atoms with Crippen molar-refractivity contribution in [1.29, 1.82) is 0 Å². The number of hydrogen-bond donors (Lipinski definition) is 1. The molecule has 0 saturated heterocycles. The van der Waals surface area contributed by atoms with Gasteiger partial charge in [0.15, 0.2) is 6.04 Å². The van der Waals surface area contributed by atoms with Gasteiger partial charge in [-0.3, -0.25) is 4.90 Å². The Bertz CT molecular complexity index is 982. The van der Waals surface area contributed by atoms with Crippen molar-refractivity contribution in [2.24, 2.45) is 0 Å². The molecule has 0 bridgehead atoms. The second-order valence-corrected chi connectivity index (χ2v) is 8.87. The molecule has 1 aliphatic carbocycles. The average Bonchev–Trinajstić information content (AvgIpc) is 3.07. The van der Waals surface area contributed by atoms with E-state index >= 15 is 0 Å². The number of rotatable bonds is 8. The molecule has 3 rings (SSSR count). The third-order valence-corrected chi connectivity index (χ3v) is 5.29. The Balaban J connectivity index is 1.60. The number of carbonyl (C=O) groups is 3. The molecule has 1 unspecified atom stereocenters. The minimum Gasteiger partial charge on any atom is -0.480 e. The van der Waals surface area contributed by atoms with Gasteiger partial charge in [0.05, 0.1) is 6.61 Å². The van der Waals surface area contributed by atoms with Gasteiger partial charge in [-0.05, 0) is 43.0 Å². The van der Waals surface area contributed by atoms with Gasteiger partial charge < -0.3 is 19.3 Å². The van der Waals surface area contributed by atoms with E-state index < -0.39 is 36.3 Å². The monoisotopic (exact) mass is 455 g/mol. The minimum atomic E-state index is -1.32. The fourth-order valence-corrected chi connectivity index (χ4v) is 3.80. The Kier molecular flexibility index (Phi) is 7.38. The maximum Gasteiger partial charge on any atom is 0.410 e. The lowest BCUT2D eigenvalue weighted by Crippen LogP contribution is -2.46. The van der Waals surface area contributed by atoms with E-state index in [4.69, 9.17) is 14.2 Å².